The third-order valence-corrected chi connectivity index (χ3v) is 2.39. The number of amides is 1. The smallest absolute Gasteiger partial charge is 0.331 e. The van der Waals surface area contributed by atoms with Crippen LogP contribution in [0, 0.1) is 0 Å². The highest BCUT2D eigenvalue weighted by molar-refractivity contribution is 5.96. The van der Waals surface area contributed by atoms with E-state index in [0.717, 1.165) is 0 Å². The topological polar surface area (TPSA) is 83.5 Å². The van der Waals surface area contributed by atoms with Crippen LogP contribution in [0.25, 0.3) is 5.70 Å². The van der Waals surface area contributed by atoms with Gasteiger partial charge in [-0.1, -0.05) is 30.3 Å². The molecule has 0 aliphatic heterocycles. The molecule has 0 unspecified atom stereocenters. The number of benzene rings is 1. The number of carboxylic acids is 1. The van der Waals surface area contributed by atoms with E-state index in [2.05, 4.69) is 5.32 Å². The highest BCUT2D eigenvalue weighted by Crippen LogP contribution is 2.16. The second-order valence-electron chi connectivity index (χ2n) is 3.71. The van der Waals surface area contributed by atoms with Crippen molar-refractivity contribution in [3.8, 4) is 0 Å². The van der Waals surface area contributed by atoms with Gasteiger partial charge in [0.25, 0.3) is 0 Å². The van der Waals surface area contributed by atoms with E-state index in [9.17, 15) is 14.4 Å². The summed E-state index contributed by atoms with van der Waals surface area (Å²) in [6, 6.07) is 8.70. The number of carbonyl (C=O) groups excluding carboxylic acids is 2. The van der Waals surface area contributed by atoms with Crippen LogP contribution < -0.4 is 5.32 Å². The molecule has 0 aliphatic carbocycles. The molecule has 0 spiro atoms. The Bertz CT molecular complexity index is 544. The van der Waals surface area contributed by atoms with Crippen LogP contribution in [0.4, 0.5) is 0 Å². The van der Waals surface area contributed by atoms with E-state index < -0.39 is 5.97 Å². The molecule has 0 aromatic heterocycles. The number of carboxylic acid groups (broad SMARTS) is 1. The van der Waals surface area contributed by atoms with Crippen molar-refractivity contribution in [2.45, 2.75) is 6.92 Å². The first-order valence-electron chi connectivity index (χ1n) is 5.46. The molecule has 1 rings (SSSR count). The van der Waals surface area contributed by atoms with Gasteiger partial charge in [-0.3, -0.25) is 9.59 Å². The van der Waals surface area contributed by atoms with Crippen molar-refractivity contribution in [2.24, 2.45) is 0 Å². The molecular formula is C14H13NO4. The number of aliphatic carboxylic acids is 1. The molecule has 1 aromatic carbocycles. The first-order chi connectivity index (χ1) is 9.10. The van der Waals surface area contributed by atoms with Gasteiger partial charge < -0.3 is 10.4 Å². The van der Waals surface area contributed by atoms with Crippen LogP contribution in [0.15, 0.2) is 47.6 Å². The van der Waals surface area contributed by atoms with Gasteiger partial charge >= 0.3 is 5.97 Å². The molecule has 0 radical (unpaired) electrons. The lowest BCUT2D eigenvalue weighted by Crippen LogP contribution is -2.12. The maximum atomic E-state index is 11.1. The van der Waals surface area contributed by atoms with Gasteiger partial charge in [-0.25, -0.2) is 4.79 Å². The Morgan fingerprint density at radius 2 is 1.84 bits per heavy atom. The fourth-order valence-electron chi connectivity index (χ4n) is 1.46. The van der Waals surface area contributed by atoms with Crippen molar-refractivity contribution in [3.05, 3.63) is 53.1 Å². The quantitative estimate of drug-likeness (QED) is 0.459. The van der Waals surface area contributed by atoms with E-state index >= 15 is 0 Å². The molecule has 5 heteroatoms. The molecule has 1 aromatic rings. The molecule has 5 nitrogen and oxygen atoms in total. The summed E-state index contributed by atoms with van der Waals surface area (Å²) in [6.45, 7) is 1.37. The molecule has 0 saturated carbocycles. The third-order valence-electron chi connectivity index (χ3n) is 2.39. The Hall–Kier alpha value is -2.69. The van der Waals surface area contributed by atoms with Crippen LogP contribution >= 0.6 is 0 Å². The first kappa shape index (κ1) is 14.4. The SMILES string of the molecule is C/C(=C\C(C=O)=C(/NC=O)c1ccccc1)C(=O)O. The summed E-state index contributed by atoms with van der Waals surface area (Å²) in [6.07, 6.45) is 2.16. The fraction of sp³-hybridized carbons (Fsp3) is 0.0714. The minimum Gasteiger partial charge on any atom is -0.478 e. The number of nitrogens with one attached hydrogen (secondary N) is 1. The number of rotatable bonds is 6. The summed E-state index contributed by atoms with van der Waals surface area (Å²) >= 11 is 0. The Morgan fingerprint density at radius 1 is 1.21 bits per heavy atom. The predicted molar refractivity (Wildman–Crippen MR) is 70.0 cm³/mol. The van der Waals surface area contributed by atoms with Crippen LogP contribution in [0.3, 0.4) is 0 Å². The lowest BCUT2D eigenvalue weighted by atomic mass is 10.1. The third kappa shape index (κ3) is 3.92. The summed E-state index contributed by atoms with van der Waals surface area (Å²) in [5.41, 5.74) is 0.985. The van der Waals surface area contributed by atoms with Crippen LogP contribution in [-0.4, -0.2) is 23.8 Å². The Morgan fingerprint density at radius 3 is 2.32 bits per heavy atom. The van der Waals surface area contributed by atoms with E-state index in [1.54, 1.807) is 30.3 Å². The lowest BCUT2D eigenvalue weighted by molar-refractivity contribution is -0.132. The van der Waals surface area contributed by atoms with Crippen molar-refractivity contribution in [2.75, 3.05) is 0 Å². The molecule has 0 fully saturated rings. The number of hydrogen-bond acceptors (Lipinski definition) is 3. The molecular weight excluding hydrogens is 246 g/mol. The van der Waals surface area contributed by atoms with Gasteiger partial charge in [-0.05, 0) is 18.6 Å². The highest BCUT2D eigenvalue weighted by atomic mass is 16.4. The van der Waals surface area contributed by atoms with E-state index in [1.165, 1.54) is 13.0 Å². The Kier molecular flexibility index (Phi) is 5.22. The number of hydrogen-bond donors (Lipinski definition) is 2. The van der Waals surface area contributed by atoms with Gasteiger partial charge in [0.05, 0.1) is 5.70 Å². The van der Waals surface area contributed by atoms with E-state index in [4.69, 9.17) is 5.11 Å². The molecule has 19 heavy (non-hydrogen) atoms. The maximum Gasteiger partial charge on any atom is 0.331 e. The number of carbonyl (C=O) groups is 3. The van der Waals surface area contributed by atoms with Crippen LogP contribution in [0.1, 0.15) is 12.5 Å². The summed E-state index contributed by atoms with van der Waals surface area (Å²) in [5.74, 6) is -1.13. The molecule has 98 valence electrons. The van der Waals surface area contributed by atoms with Crippen molar-refractivity contribution in [3.63, 3.8) is 0 Å². The molecule has 0 bridgehead atoms. The second-order valence-corrected chi connectivity index (χ2v) is 3.71. The number of allylic oxidation sites excluding steroid dienone is 2. The van der Waals surface area contributed by atoms with Crippen molar-refractivity contribution < 1.29 is 19.5 Å². The van der Waals surface area contributed by atoms with Crippen LogP contribution in [0.5, 0.6) is 0 Å². The number of aldehydes is 1. The van der Waals surface area contributed by atoms with Gasteiger partial charge in [-0.15, -0.1) is 0 Å². The molecule has 0 saturated heterocycles. The average Bonchev–Trinajstić information content (AvgIpc) is 2.43. The van der Waals surface area contributed by atoms with Gasteiger partial charge in [-0.2, -0.15) is 0 Å². The summed E-state index contributed by atoms with van der Waals surface area (Å²) in [7, 11) is 0. The molecule has 0 aliphatic rings. The van der Waals surface area contributed by atoms with Crippen molar-refractivity contribution >= 4 is 24.4 Å². The highest BCUT2D eigenvalue weighted by Gasteiger charge is 2.09. The van der Waals surface area contributed by atoms with E-state index in [1.807, 2.05) is 0 Å². The monoisotopic (exact) mass is 259 g/mol. The summed E-state index contributed by atoms with van der Waals surface area (Å²) in [5, 5.41) is 11.2. The predicted octanol–water partition coefficient (Wildman–Crippen LogP) is 1.37. The minimum absolute atomic E-state index is 0.00299. The van der Waals surface area contributed by atoms with Gasteiger partial charge in [0.2, 0.25) is 6.41 Å². The maximum absolute atomic E-state index is 11.1. The van der Waals surface area contributed by atoms with Crippen molar-refractivity contribution in [1.82, 2.24) is 5.32 Å². The zero-order valence-corrected chi connectivity index (χ0v) is 10.3. The lowest BCUT2D eigenvalue weighted by Gasteiger charge is -2.08. The summed E-state index contributed by atoms with van der Waals surface area (Å²) < 4.78 is 0. The van der Waals surface area contributed by atoms with E-state index in [0.29, 0.717) is 18.3 Å². The van der Waals surface area contributed by atoms with Gasteiger partial charge in [0, 0.05) is 11.1 Å². The van der Waals surface area contributed by atoms with Crippen LogP contribution in [0.2, 0.25) is 0 Å². The molecule has 0 heterocycles. The van der Waals surface area contributed by atoms with E-state index in [-0.39, 0.29) is 16.8 Å². The van der Waals surface area contributed by atoms with Gasteiger partial charge in [0.15, 0.2) is 6.29 Å². The molecule has 1 amide bonds. The molecule has 0 atom stereocenters. The summed E-state index contributed by atoms with van der Waals surface area (Å²) in [4.78, 5) is 32.5. The zero-order valence-electron chi connectivity index (χ0n) is 10.3. The minimum atomic E-state index is -1.13. The Balaban J connectivity index is 3.37. The van der Waals surface area contributed by atoms with Gasteiger partial charge in [0.1, 0.15) is 0 Å². The largest absolute Gasteiger partial charge is 0.478 e. The fourth-order valence-corrected chi connectivity index (χ4v) is 1.46. The first-order valence-corrected chi connectivity index (χ1v) is 5.46. The Labute approximate surface area is 110 Å². The van der Waals surface area contributed by atoms with Crippen molar-refractivity contribution in [1.29, 1.82) is 0 Å². The average molecular weight is 259 g/mol. The second kappa shape index (κ2) is 6.90. The molecule has 2 N–H and O–H groups in total. The normalized spacial score (nSPS) is 12.4. The van der Waals surface area contributed by atoms with Crippen LogP contribution in [-0.2, 0) is 14.4 Å². The standard InChI is InChI=1S/C14H13NO4/c1-10(14(18)19)7-12(8-16)13(15-9-17)11-5-3-2-4-6-11/h2-9H,1H3,(H,15,17)(H,18,19)/b10-7+,13-12+. The zero-order chi connectivity index (χ0) is 14.3.